The number of aromatic nitrogens is 1. The molecule has 0 saturated heterocycles. The van der Waals surface area contributed by atoms with Crippen LogP contribution in [-0.4, -0.2) is 34.1 Å². The lowest BCUT2D eigenvalue weighted by atomic mass is 9.81. The van der Waals surface area contributed by atoms with E-state index in [0.717, 1.165) is 62.7 Å². The van der Waals surface area contributed by atoms with E-state index < -0.39 is 5.97 Å². The molecule has 0 aliphatic heterocycles. The molecule has 1 amide bonds. The topological polar surface area (TPSA) is 79.7 Å². The molecule has 2 aliphatic carbocycles. The standard InChI is InChI=1S/C32H38N2O4S/c1-6-22-9-16-28(33-20-22)38-25-14-12-24(13-15-25)34(30(35)23-10-7-21(2)8-11-23)27-19-26(17-18-32(3,4)5)39-29(27)31(36)37/h1,9,16,19-21,23-25H,7-8,10-15H2,2-5H3,(H,36,37)/t21?,23?,24-,25-. The molecule has 7 heteroatoms. The van der Waals surface area contributed by atoms with Gasteiger partial charge in [0.25, 0.3) is 0 Å². The Labute approximate surface area is 236 Å². The van der Waals surface area contributed by atoms with Crippen LogP contribution in [0.1, 0.15) is 99.2 Å². The zero-order valence-electron chi connectivity index (χ0n) is 23.3. The summed E-state index contributed by atoms with van der Waals surface area (Å²) in [6, 6.07) is 5.31. The fourth-order valence-electron chi connectivity index (χ4n) is 5.35. The zero-order valence-corrected chi connectivity index (χ0v) is 24.1. The number of pyridine rings is 1. The quantitative estimate of drug-likeness (QED) is 0.405. The van der Waals surface area contributed by atoms with Gasteiger partial charge < -0.3 is 14.7 Å². The van der Waals surface area contributed by atoms with Gasteiger partial charge in [0.05, 0.1) is 10.6 Å². The van der Waals surface area contributed by atoms with Gasteiger partial charge >= 0.3 is 5.97 Å². The molecule has 4 rings (SSSR count). The summed E-state index contributed by atoms with van der Waals surface area (Å²) in [5, 5.41) is 10.1. The third-order valence-electron chi connectivity index (χ3n) is 7.53. The number of nitrogens with zero attached hydrogens (tertiary/aromatic N) is 2. The molecule has 2 aromatic heterocycles. The summed E-state index contributed by atoms with van der Waals surface area (Å²) < 4.78 is 6.11. The molecule has 0 aromatic carbocycles. The van der Waals surface area contributed by atoms with Gasteiger partial charge in [-0.3, -0.25) is 4.79 Å². The molecule has 2 saturated carbocycles. The van der Waals surface area contributed by atoms with Crippen LogP contribution in [0.25, 0.3) is 0 Å². The maximum atomic E-state index is 14.1. The van der Waals surface area contributed by atoms with Crippen LogP contribution in [0.2, 0.25) is 0 Å². The van der Waals surface area contributed by atoms with Crippen LogP contribution in [0.5, 0.6) is 5.88 Å². The predicted molar refractivity (Wildman–Crippen MR) is 155 cm³/mol. The first-order valence-electron chi connectivity index (χ1n) is 13.9. The lowest BCUT2D eigenvalue weighted by Gasteiger charge is -2.39. The largest absolute Gasteiger partial charge is 0.477 e. The first-order valence-corrected chi connectivity index (χ1v) is 14.7. The Morgan fingerprint density at radius 3 is 2.36 bits per heavy atom. The van der Waals surface area contributed by atoms with Crippen LogP contribution in [0, 0.1) is 41.4 Å². The second-order valence-electron chi connectivity index (χ2n) is 11.9. The SMILES string of the molecule is C#Cc1ccc(O[C@H]2CC[C@H](N(C(=O)C3CCC(C)CC3)c3cc(C#CC(C)(C)C)sc3C(=O)O)CC2)nc1. The molecular weight excluding hydrogens is 508 g/mol. The molecule has 0 atom stereocenters. The molecule has 1 N–H and O–H groups in total. The van der Waals surface area contributed by atoms with Gasteiger partial charge in [-0.2, -0.15) is 0 Å². The highest BCUT2D eigenvalue weighted by Crippen LogP contribution is 2.39. The maximum Gasteiger partial charge on any atom is 0.348 e. The van der Waals surface area contributed by atoms with Gasteiger partial charge in [-0.25, -0.2) is 9.78 Å². The summed E-state index contributed by atoms with van der Waals surface area (Å²) in [6.07, 6.45) is 13.7. The van der Waals surface area contributed by atoms with Crippen molar-refractivity contribution in [2.45, 2.75) is 91.2 Å². The van der Waals surface area contributed by atoms with E-state index in [0.29, 0.717) is 27.9 Å². The Morgan fingerprint density at radius 2 is 1.79 bits per heavy atom. The Morgan fingerprint density at radius 1 is 1.10 bits per heavy atom. The fourth-order valence-corrected chi connectivity index (χ4v) is 6.19. The number of carboxylic acids is 1. The van der Waals surface area contributed by atoms with E-state index >= 15 is 0 Å². The number of carboxylic acid groups (broad SMARTS) is 1. The molecule has 0 bridgehead atoms. The van der Waals surface area contributed by atoms with Crippen molar-refractivity contribution in [3.8, 4) is 30.1 Å². The van der Waals surface area contributed by atoms with Crippen LogP contribution >= 0.6 is 11.3 Å². The number of carbonyl (C=O) groups excluding carboxylic acids is 1. The van der Waals surface area contributed by atoms with E-state index in [1.54, 1.807) is 12.3 Å². The highest BCUT2D eigenvalue weighted by atomic mass is 32.1. The third-order valence-corrected chi connectivity index (χ3v) is 8.56. The summed E-state index contributed by atoms with van der Waals surface area (Å²) in [5.74, 6) is 9.01. The number of ether oxygens (including phenoxy) is 1. The first-order chi connectivity index (χ1) is 18.5. The van der Waals surface area contributed by atoms with E-state index in [1.165, 1.54) is 0 Å². The van der Waals surface area contributed by atoms with Gasteiger partial charge in [0.1, 0.15) is 11.0 Å². The zero-order chi connectivity index (χ0) is 28.2. The summed E-state index contributed by atoms with van der Waals surface area (Å²) in [6.45, 7) is 8.29. The molecule has 2 heterocycles. The number of hydrogen-bond acceptors (Lipinski definition) is 5. The number of amides is 1. The van der Waals surface area contributed by atoms with E-state index in [-0.39, 0.29) is 34.3 Å². The van der Waals surface area contributed by atoms with Crippen molar-refractivity contribution in [3.63, 3.8) is 0 Å². The lowest BCUT2D eigenvalue weighted by Crippen LogP contribution is -2.47. The molecule has 0 unspecified atom stereocenters. The highest BCUT2D eigenvalue weighted by molar-refractivity contribution is 7.15. The number of hydrogen-bond donors (Lipinski definition) is 1. The first kappa shape index (κ1) is 28.7. The second-order valence-corrected chi connectivity index (χ2v) is 12.9. The Bertz CT molecular complexity index is 1270. The number of aromatic carboxylic acids is 1. The van der Waals surface area contributed by atoms with Gasteiger partial charge in [-0.05, 0) is 90.2 Å². The molecule has 2 aliphatic rings. The minimum atomic E-state index is -1.02. The third kappa shape index (κ3) is 7.43. The minimum absolute atomic E-state index is 0.0208. The highest BCUT2D eigenvalue weighted by Gasteiger charge is 2.37. The van der Waals surface area contributed by atoms with Crippen molar-refractivity contribution in [2.24, 2.45) is 17.3 Å². The van der Waals surface area contributed by atoms with Crippen molar-refractivity contribution in [3.05, 3.63) is 39.7 Å². The van der Waals surface area contributed by atoms with Crippen molar-refractivity contribution in [1.29, 1.82) is 0 Å². The minimum Gasteiger partial charge on any atom is -0.477 e. The van der Waals surface area contributed by atoms with Gasteiger partial charge in [-0.15, -0.1) is 17.8 Å². The smallest absolute Gasteiger partial charge is 0.348 e. The Hall–Kier alpha value is -3.29. The predicted octanol–water partition coefficient (Wildman–Crippen LogP) is 6.77. The summed E-state index contributed by atoms with van der Waals surface area (Å²) in [5.41, 5.74) is 0.982. The van der Waals surface area contributed by atoms with E-state index in [1.807, 2.05) is 37.8 Å². The van der Waals surface area contributed by atoms with E-state index in [9.17, 15) is 14.7 Å². The monoisotopic (exact) mass is 546 g/mol. The van der Waals surface area contributed by atoms with Crippen LogP contribution in [0.3, 0.4) is 0 Å². The summed E-state index contributed by atoms with van der Waals surface area (Å²) in [7, 11) is 0. The van der Waals surface area contributed by atoms with Crippen LogP contribution in [0.4, 0.5) is 5.69 Å². The van der Waals surface area contributed by atoms with Crippen LogP contribution in [-0.2, 0) is 4.79 Å². The van der Waals surface area contributed by atoms with E-state index in [4.69, 9.17) is 11.2 Å². The number of rotatable bonds is 6. The molecule has 39 heavy (non-hydrogen) atoms. The van der Waals surface area contributed by atoms with E-state index in [2.05, 4.69) is 29.7 Å². The van der Waals surface area contributed by atoms with Crippen LogP contribution in [0.15, 0.2) is 24.4 Å². The van der Waals surface area contributed by atoms with Gasteiger partial charge in [0.2, 0.25) is 11.8 Å². The number of carbonyl (C=O) groups is 2. The summed E-state index contributed by atoms with van der Waals surface area (Å²) in [4.78, 5) is 33.4. The molecule has 6 nitrogen and oxygen atoms in total. The second kappa shape index (κ2) is 12.3. The molecule has 2 aromatic rings. The molecule has 206 valence electrons. The normalized spacial score (nSPS) is 23.2. The number of anilines is 1. The maximum absolute atomic E-state index is 14.1. The van der Waals surface area contributed by atoms with Crippen molar-refractivity contribution in [2.75, 3.05) is 4.90 Å². The molecule has 0 radical (unpaired) electrons. The number of terminal acetylenes is 1. The summed E-state index contributed by atoms with van der Waals surface area (Å²) >= 11 is 1.16. The van der Waals surface area contributed by atoms with Gasteiger partial charge in [-0.1, -0.05) is 24.7 Å². The van der Waals surface area contributed by atoms with Gasteiger partial charge in [0, 0.05) is 35.2 Å². The lowest BCUT2D eigenvalue weighted by molar-refractivity contribution is -0.124. The molecule has 2 fully saturated rings. The average molecular weight is 547 g/mol. The van der Waals surface area contributed by atoms with Crippen molar-refractivity contribution in [1.82, 2.24) is 4.98 Å². The van der Waals surface area contributed by atoms with Crippen LogP contribution < -0.4 is 9.64 Å². The van der Waals surface area contributed by atoms with Gasteiger partial charge in [0.15, 0.2) is 0 Å². The van der Waals surface area contributed by atoms with Crippen molar-refractivity contribution < 1.29 is 19.4 Å². The Balaban J connectivity index is 1.59. The number of thiophene rings is 1. The average Bonchev–Trinajstić information content (AvgIpc) is 3.33. The molecule has 0 spiro atoms. The molecular formula is C32H38N2O4S. The fraction of sp³-hybridized carbons (Fsp3) is 0.531. The Kier molecular flexibility index (Phi) is 9.03. The van der Waals surface area contributed by atoms with Crippen molar-refractivity contribution >= 4 is 28.9 Å².